The number of rotatable bonds is 1. The van der Waals surface area contributed by atoms with Crippen LogP contribution in [0, 0.1) is 6.92 Å². The molecule has 1 heterocycles. The van der Waals surface area contributed by atoms with Crippen molar-refractivity contribution in [1.29, 1.82) is 0 Å². The molecule has 1 aliphatic rings. The highest BCUT2D eigenvalue weighted by Crippen LogP contribution is 2.25. The molecule has 0 saturated heterocycles. The first-order chi connectivity index (χ1) is 7.22. The number of fused-ring (bicyclic) bond motifs is 1. The monoisotopic (exact) mass is 207 g/mol. The van der Waals surface area contributed by atoms with Crippen LogP contribution in [0.2, 0.25) is 0 Å². The summed E-state index contributed by atoms with van der Waals surface area (Å²) in [5.41, 5.74) is 2.56. The molecule has 0 aromatic carbocycles. The molecule has 0 spiro atoms. The molecule has 1 aromatic heterocycles. The number of anilines is 1. The fourth-order valence-corrected chi connectivity index (χ4v) is 1.76. The second kappa shape index (κ2) is 5.69. The van der Waals surface area contributed by atoms with Crippen LogP contribution in [0.25, 0.3) is 0 Å². The van der Waals surface area contributed by atoms with E-state index in [-0.39, 0.29) is 0 Å². The molecule has 2 rings (SSSR count). The molecule has 0 aliphatic heterocycles. The van der Waals surface area contributed by atoms with Gasteiger partial charge in [0.05, 0.1) is 0 Å². The first-order valence-electron chi connectivity index (χ1n) is 5.77. The van der Waals surface area contributed by atoms with Crippen LogP contribution >= 0.6 is 0 Å². The zero-order valence-corrected chi connectivity index (χ0v) is 10.2. The van der Waals surface area contributed by atoms with E-state index in [9.17, 15) is 0 Å². The summed E-state index contributed by atoms with van der Waals surface area (Å²) < 4.78 is 0. The summed E-state index contributed by atoms with van der Waals surface area (Å²) in [4.78, 5) is 8.75. The summed E-state index contributed by atoms with van der Waals surface area (Å²) in [5, 5.41) is 3.12. The molecule has 0 radical (unpaired) electrons. The molecule has 1 aliphatic carbocycles. The highest BCUT2D eigenvalue weighted by Gasteiger charge is 2.16. The van der Waals surface area contributed by atoms with E-state index in [1.165, 1.54) is 24.1 Å². The average molecular weight is 207 g/mol. The van der Waals surface area contributed by atoms with Crippen LogP contribution in [0.1, 0.15) is 43.8 Å². The first kappa shape index (κ1) is 12.0. The lowest BCUT2D eigenvalue weighted by Gasteiger charge is -2.06. The van der Waals surface area contributed by atoms with Gasteiger partial charge in [-0.25, -0.2) is 9.97 Å². The summed E-state index contributed by atoms with van der Waals surface area (Å²) in [5.74, 6) is 1.90. The van der Waals surface area contributed by atoms with Crippen molar-refractivity contribution in [2.75, 3.05) is 12.4 Å². The number of aryl methyl sites for hydroxylation is 2. The van der Waals surface area contributed by atoms with Crippen molar-refractivity contribution in [2.45, 2.75) is 46.5 Å². The maximum atomic E-state index is 4.41. The fraction of sp³-hybridized carbons (Fsp3) is 0.667. The molecule has 15 heavy (non-hydrogen) atoms. The number of hydrogen-bond donors (Lipinski definition) is 1. The van der Waals surface area contributed by atoms with Gasteiger partial charge in [0.2, 0.25) is 0 Å². The second-order valence-electron chi connectivity index (χ2n) is 3.86. The summed E-state index contributed by atoms with van der Waals surface area (Å²) in [7, 11) is 1.92. The summed E-state index contributed by atoms with van der Waals surface area (Å²) in [6.45, 7) is 6.19. The van der Waals surface area contributed by atoms with Crippen molar-refractivity contribution >= 4 is 5.82 Å². The van der Waals surface area contributed by atoms with E-state index in [2.05, 4.69) is 29.1 Å². The van der Waals surface area contributed by atoms with Crippen molar-refractivity contribution in [3.05, 3.63) is 17.1 Å². The van der Waals surface area contributed by atoms with Crippen LogP contribution in [-0.2, 0) is 12.8 Å². The minimum absolute atomic E-state index is 0.875. The van der Waals surface area contributed by atoms with E-state index in [4.69, 9.17) is 0 Å². The molecule has 1 N–H and O–H groups in total. The Hall–Kier alpha value is -1.12. The lowest BCUT2D eigenvalue weighted by molar-refractivity contribution is 0.895. The van der Waals surface area contributed by atoms with Crippen LogP contribution in [0.15, 0.2) is 0 Å². The van der Waals surface area contributed by atoms with Crippen molar-refractivity contribution in [3.8, 4) is 0 Å². The normalized spacial score (nSPS) is 12.8. The van der Waals surface area contributed by atoms with Gasteiger partial charge in [0.25, 0.3) is 0 Å². The molecule has 0 fully saturated rings. The molecule has 1 aromatic rings. The molecule has 3 heteroatoms. The maximum Gasteiger partial charge on any atom is 0.132 e. The number of hydrogen-bond acceptors (Lipinski definition) is 3. The van der Waals surface area contributed by atoms with Crippen molar-refractivity contribution < 1.29 is 0 Å². The predicted molar refractivity (Wildman–Crippen MR) is 64.3 cm³/mol. The third-order valence-electron chi connectivity index (χ3n) is 2.28. The Morgan fingerprint density at radius 1 is 1.20 bits per heavy atom. The van der Waals surface area contributed by atoms with Gasteiger partial charge in [-0.05, 0) is 26.2 Å². The Morgan fingerprint density at radius 3 is 2.47 bits per heavy atom. The molecule has 0 unspecified atom stereocenters. The van der Waals surface area contributed by atoms with Gasteiger partial charge in [-0.15, -0.1) is 0 Å². The van der Waals surface area contributed by atoms with Crippen molar-refractivity contribution in [3.63, 3.8) is 0 Å². The summed E-state index contributed by atoms with van der Waals surface area (Å²) in [6.07, 6.45) is 4.72. The Morgan fingerprint density at radius 2 is 1.87 bits per heavy atom. The number of nitrogens with zero attached hydrogens (tertiary/aromatic N) is 2. The van der Waals surface area contributed by atoms with Gasteiger partial charge in [-0.3, -0.25) is 0 Å². The summed E-state index contributed by atoms with van der Waals surface area (Å²) >= 11 is 0. The number of nitrogens with one attached hydrogen (secondary N) is 1. The van der Waals surface area contributed by atoms with E-state index < -0.39 is 0 Å². The molecule has 0 amide bonds. The molecule has 3 nitrogen and oxygen atoms in total. The van der Waals surface area contributed by atoms with Crippen LogP contribution in [0.4, 0.5) is 5.82 Å². The van der Waals surface area contributed by atoms with Gasteiger partial charge in [0.1, 0.15) is 11.6 Å². The lowest BCUT2D eigenvalue weighted by Crippen LogP contribution is -2.02. The highest BCUT2D eigenvalue weighted by molar-refractivity contribution is 5.48. The van der Waals surface area contributed by atoms with Gasteiger partial charge in [0, 0.05) is 18.3 Å². The molecule has 0 atom stereocenters. The fourth-order valence-electron chi connectivity index (χ4n) is 1.76. The SMILES string of the molecule is CCC.CNc1nc(C)nc2c1CCC2. The zero-order chi connectivity index (χ0) is 11.3. The highest BCUT2D eigenvalue weighted by atomic mass is 15.0. The van der Waals surface area contributed by atoms with Gasteiger partial charge < -0.3 is 5.32 Å². The van der Waals surface area contributed by atoms with E-state index in [0.717, 1.165) is 24.5 Å². The van der Waals surface area contributed by atoms with Gasteiger partial charge in [-0.1, -0.05) is 20.3 Å². The van der Waals surface area contributed by atoms with Gasteiger partial charge >= 0.3 is 0 Å². The summed E-state index contributed by atoms with van der Waals surface area (Å²) in [6, 6.07) is 0. The average Bonchev–Trinajstić information content (AvgIpc) is 2.65. The first-order valence-corrected chi connectivity index (χ1v) is 5.77. The zero-order valence-electron chi connectivity index (χ0n) is 10.2. The smallest absolute Gasteiger partial charge is 0.132 e. The van der Waals surface area contributed by atoms with Crippen LogP contribution in [-0.4, -0.2) is 17.0 Å². The third-order valence-corrected chi connectivity index (χ3v) is 2.28. The third kappa shape index (κ3) is 2.91. The minimum atomic E-state index is 0.875. The Labute approximate surface area is 92.3 Å². The van der Waals surface area contributed by atoms with Gasteiger partial charge in [0.15, 0.2) is 0 Å². The molecule has 0 saturated carbocycles. The van der Waals surface area contributed by atoms with Crippen LogP contribution in [0.3, 0.4) is 0 Å². The maximum absolute atomic E-state index is 4.41. The molecular formula is C12H21N3. The molecule has 84 valence electrons. The van der Waals surface area contributed by atoms with Crippen molar-refractivity contribution in [2.24, 2.45) is 0 Å². The quantitative estimate of drug-likeness (QED) is 0.769. The van der Waals surface area contributed by atoms with Crippen LogP contribution in [0.5, 0.6) is 0 Å². The van der Waals surface area contributed by atoms with Crippen LogP contribution < -0.4 is 5.32 Å². The van der Waals surface area contributed by atoms with E-state index in [1.54, 1.807) is 0 Å². The van der Waals surface area contributed by atoms with E-state index in [1.807, 2.05) is 14.0 Å². The van der Waals surface area contributed by atoms with Crippen molar-refractivity contribution in [1.82, 2.24) is 9.97 Å². The lowest BCUT2D eigenvalue weighted by atomic mass is 10.2. The standard InChI is InChI=1S/C9H13N3.C3H8/c1-6-11-8-5-3-4-7(8)9(10-2)12-6;1-3-2/h3-5H2,1-2H3,(H,10,11,12);3H2,1-2H3. The largest absolute Gasteiger partial charge is 0.373 e. The number of aromatic nitrogens is 2. The van der Waals surface area contributed by atoms with Gasteiger partial charge in [-0.2, -0.15) is 0 Å². The second-order valence-corrected chi connectivity index (χ2v) is 3.86. The Kier molecular flexibility index (Phi) is 4.53. The Balaban J connectivity index is 0.000000337. The topological polar surface area (TPSA) is 37.8 Å². The van der Waals surface area contributed by atoms with E-state index in [0.29, 0.717) is 0 Å². The minimum Gasteiger partial charge on any atom is -0.373 e. The van der Waals surface area contributed by atoms with E-state index >= 15 is 0 Å². The molecular weight excluding hydrogens is 186 g/mol. The Bertz CT molecular complexity index is 321. The molecule has 0 bridgehead atoms. The predicted octanol–water partition coefficient (Wildman–Crippen LogP) is 2.73.